The zero-order valence-electron chi connectivity index (χ0n) is 17.0. The van der Waals surface area contributed by atoms with Gasteiger partial charge in [-0.2, -0.15) is 0 Å². The number of amides is 1. The molecule has 1 fully saturated rings. The van der Waals surface area contributed by atoms with Crippen LogP contribution < -0.4 is 0 Å². The van der Waals surface area contributed by atoms with Crippen LogP contribution in [0.2, 0.25) is 5.02 Å². The number of hydrogen-bond acceptors (Lipinski definition) is 4. The number of likely N-dealkylation sites (tertiary alicyclic amines) is 1. The SMILES string of the molecule is CCN(C(=O)c1cc(S(C)(=O)=O)ccc1Cl)C1CCN(C(C)c2ccccc2)C1. The molecule has 3 rings (SSSR count). The molecule has 29 heavy (non-hydrogen) atoms. The molecule has 7 heteroatoms. The average Bonchev–Trinajstić information content (AvgIpc) is 3.17. The Morgan fingerprint density at radius 3 is 2.55 bits per heavy atom. The van der Waals surface area contributed by atoms with E-state index in [2.05, 4.69) is 24.0 Å². The molecule has 0 aliphatic carbocycles. The van der Waals surface area contributed by atoms with E-state index in [1.165, 1.54) is 23.8 Å². The summed E-state index contributed by atoms with van der Waals surface area (Å²) in [6.07, 6.45) is 2.00. The van der Waals surface area contributed by atoms with Gasteiger partial charge in [-0.25, -0.2) is 8.42 Å². The molecule has 1 heterocycles. The second-order valence-corrected chi connectivity index (χ2v) is 9.95. The topological polar surface area (TPSA) is 57.7 Å². The standard InChI is InChI=1S/C22H27ClN2O3S/c1-4-25(22(26)20-14-19(29(3,27)28)10-11-21(20)23)18-12-13-24(15-18)16(2)17-8-6-5-7-9-17/h5-11,14,16,18H,4,12-13,15H2,1-3H3. The second kappa shape index (κ2) is 8.86. The lowest BCUT2D eigenvalue weighted by molar-refractivity contribution is 0.0689. The summed E-state index contributed by atoms with van der Waals surface area (Å²) in [7, 11) is -3.42. The van der Waals surface area contributed by atoms with Gasteiger partial charge in [0.2, 0.25) is 0 Å². The highest BCUT2D eigenvalue weighted by atomic mass is 35.5. The smallest absolute Gasteiger partial charge is 0.255 e. The summed E-state index contributed by atoms with van der Waals surface area (Å²) in [5, 5.41) is 0.272. The number of hydrogen-bond donors (Lipinski definition) is 0. The van der Waals surface area contributed by atoms with Crippen LogP contribution in [0.1, 0.15) is 42.2 Å². The fourth-order valence-electron chi connectivity index (χ4n) is 3.94. The van der Waals surface area contributed by atoms with E-state index in [9.17, 15) is 13.2 Å². The summed E-state index contributed by atoms with van der Waals surface area (Å²) in [5.41, 5.74) is 1.50. The Morgan fingerprint density at radius 2 is 1.93 bits per heavy atom. The van der Waals surface area contributed by atoms with Gasteiger partial charge >= 0.3 is 0 Å². The summed E-state index contributed by atoms with van der Waals surface area (Å²) in [6, 6.07) is 15.0. The maximum Gasteiger partial charge on any atom is 0.255 e. The Morgan fingerprint density at radius 1 is 1.24 bits per heavy atom. The van der Waals surface area contributed by atoms with Gasteiger partial charge in [0.1, 0.15) is 0 Å². The molecule has 0 N–H and O–H groups in total. The fourth-order valence-corrected chi connectivity index (χ4v) is 4.78. The van der Waals surface area contributed by atoms with Crippen LogP contribution in [0, 0.1) is 0 Å². The molecule has 0 aromatic heterocycles. The van der Waals surface area contributed by atoms with Crippen LogP contribution in [0.5, 0.6) is 0 Å². The van der Waals surface area contributed by atoms with E-state index in [1.807, 2.05) is 30.0 Å². The predicted octanol–water partition coefficient (Wildman–Crippen LogP) is 4.04. The summed E-state index contributed by atoms with van der Waals surface area (Å²) >= 11 is 6.26. The van der Waals surface area contributed by atoms with E-state index in [0.29, 0.717) is 6.54 Å². The van der Waals surface area contributed by atoms with E-state index >= 15 is 0 Å². The fraction of sp³-hybridized carbons (Fsp3) is 0.409. The Labute approximate surface area is 178 Å². The van der Waals surface area contributed by atoms with Gasteiger partial charge in [0.05, 0.1) is 15.5 Å². The number of sulfone groups is 1. The zero-order valence-corrected chi connectivity index (χ0v) is 18.6. The minimum absolute atomic E-state index is 0.0663. The molecule has 1 saturated heterocycles. The van der Waals surface area contributed by atoms with E-state index in [-0.39, 0.29) is 33.5 Å². The first-order valence-electron chi connectivity index (χ1n) is 9.82. The quantitative estimate of drug-likeness (QED) is 0.688. The van der Waals surface area contributed by atoms with Gasteiger partial charge in [-0.1, -0.05) is 41.9 Å². The van der Waals surface area contributed by atoms with Crippen LogP contribution in [0.25, 0.3) is 0 Å². The van der Waals surface area contributed by atoms with Gasteiger partial charge in [0, 0.05) is 38.0 Å². The molecule has 1 aliphatic heterocycles. The number of halogens is 1. The molecule has 0 radical (unpaired) electrons. The number of likely N-dealkylation sites (N-methyl/N-ethyl adjacent to an activating group) is 1. The van der Waals surface area contributed by atoms with Gasteiger partial charge in [-0.05, 0) is 44.0 Å². The van der Waals surface area contributed by atoms with Gasteiger partial charge < -0.3 is 4.90 Å². The number of carbonyl (C=O) groups is 1. The molecule has 2 atom stereocenters. The molecular weight excluding hydrogens is 408 g/mol. The highest BCUT2D eigenvalue weighted by molar-refractivity contribution is 7.90. The molecule has 156 valence electrons. The Balaban J connectivity index is 1.79. The van der Waals surface area contributed by atoms with Crippen molar-refractivity contribution in [2.24, 2.45) is 0 Å². The van der Waals surface area contributed by atoms with Crippen molar-refractivity contribution < 1.29 is 13.2 Å². The molecular formula is C22H27ClN2O3S. The molecule has 2 aromatic carbocycles. The van der Waals surface area contributed by atoms with Gasteiger partial charge in [0.25, 0.3) is 5.91 Å². The predicted molar refractivity (Wildman–Crippen MR) is 116 cm³/mol. The third-order valence-electron chi connectivity index (χ3n) is 5.66. The van der Waals surface area contributed by atoms with Crippen molar-refractivity contribution in [1.82, 2.24) is 9.80 Å². The summed E-state index contributed by atoms with van der Waals surface area (Å²) in [4.78, 5) is 17.5. The van der Waals surface area contributed by atoms with Gasteiger partial charge in [0.15, 0.2) is 9.84 Å². The van der Waals surface area contributed by atoms with Crippen molar-refractivity contribution in [3.8, 4) is 0 Å². The van der Waals surface area contributed by atoms with Crippen LogP contribution in [0.4, 0.5) is 0 Å². The first-order chi connectivity index (χ1) is 13.7. The van der Waals surface area contributed by atoms with Crippen LogP contribution in [-0.2, 0) is 9.84 Å². The van der Waals surface area contributed by atoms with E-state index in [0.717, 1.165) is 25.8 Å². The summed E-state index contributed by atoms with van der Waals surface area (Å²) in [5.74, 6) is -0.220. The molecule has 5 nitrogen and oxygen atoms in total. The normalized spacial score (nSPS) is 18.6. The van der Waals surface area contributed by atoms with Crippen molar-refractivity contribution in [1.29, 1.82) is 0 Å². The lowest BCUT2D eigenvalue weighted by Crippen LogP contribution is -2.42. The minimum Gasteiger partial charge on any atom is -0.335 e. The molecule has 0 saturated carbocycles. The van der Waals surface area contributed by atoms with Crippen molar-refractivity contribution in [3.05, 3.63) is 64.7 Å². The largest absolute Gasteiger partial charge is 0.335 e. The first kappa shape index (κ1) is 21.8. The number of nitrogens with zero attached hydrogens (tertiary/aromatic N) is 2. The van der Waals surface area contributed by atoms with Crippen molar-refractivity contribution in [2.75, 3.05) is 25.9 Å². The molecule has 2 unspecified atom stereocenters. The van der Waals surface area contributed by atoms with Gasteiger partial charge in [-0.15, -0.1) is 0 Å². The lowest BCUT2D eigenvalue weighted by Gasteiger charge is -2.30. The minimum atomic E-state index is -3.42. The number of carbonyl (C=O) groups excluding carboxylic acids is 1. The maximum absolute atomic E-state index is 13.2. The third-order valence-corrected chi connectivity index (χ3v) is 7.10. The Bertz CT molecular complexity index is 979. The lowest BCUT2D eigenvalue weighted by atomic mass is 10.1. The summed E-state index contributed by atoms with van der Waals surface area (Å²) < 4.78 is 23.8. The van der Waals surface area contributed by atoms with Crippen LogP contribution in [-0.4, -0.2) is 56.1 Å². The zero-order chi connectivity index (χ0) is 21.2. The van der Waals surface area contributed by atoms with Crippen molar-refractivity contribution >= 4 is 27.3 Å². The average molecular weight is 435 g/mol. The van der Waals surface area contributed by atoms with Crippen LogP contribution in [0.15, 0.2) is 53.4 Å². The maximum atomic E-state index is 13.2. The molecule has 0 spiro atoms. The molecule has 0 bridgehead atoms. The van der Waals surface area contributed by atoms with Crippen LogP contribution >= 0.6 is 11.6 Å². The third kappa shape index (κ3) is 4.82. The van der Waals surface area contributed by atoms with E-state index in [4.69, 9.17) is 11.6 Å². The monoisotopic (exact) mass is 434 g/mol. The van der Waals surface area contributed by atoms with Gasteiger partial charge in [-0.3, -0.25) is 9.69 Å². The molecule has 1 amide bonds. The summed E-state index contributed by atoms with van der Waals surface area (Å²) in [6.45, 7) is 6.34. The number of rotatable bonds is 6. The first-order valence-corrected chi connectivity index (χ1v) is 12.1. The number of benzene rings is 2. The highest BCUT2D eigenvalue weighted by Crippen LogP contribution is 2.29. The van der Waals surface area contributed by atoms with E-state index < -0.39 is 9.84 Å². The highest BCUT2D eigenvalue weighted by Gasteiger charge is 2.33. The Kier molecular flexibility index (Phi) is 6.66. The van der Waals surface area contributed by atoms with E-state index in [1.54, 1.807) is 0 Å². The van der Waals surface area contributed by atoms with Crippen LogP contribution in [0.3, 0.4) is 0 Å². The molecule has 2 aromatic rings. The Hall–Kier alpha value is -1.89. The van der Waals surface area contributed by atoms with Crippen molar-refractivity contribution in [2.45, 2.75) is 37.2 Å². The molecule has 1 aliphatic rings. The van der Waals surface area contributed by atoms with Crippen molar-refractivity contribution in [3.63, 3.8) is 0 Å². The second-order valence-electron chi connectivity index (χ2n) is 7.53.